The maximum atomic E-state index is 13.6. The fourth-order valence-corrected chi connectivity index (χ4v) is 6.41. The molecule has 38 heavy (non-hydrogen) atoms. The highest BCUT2D eigenvalue weighted by molar-refractivity contribution is 7.93. The molecule has 0 aliphatic heterocycles. The number of esters is 1. The van der Waals surface area contributed by atoms with Crippen LogP contribution in [-0.2, 0) is 14.8 Å². The zero-order valence-corrected chi connectivity index (χ0v) is 23.6. The number of anilines is 2. The maximum Gasteiger partial charge on any atom is 0.338 e. The van der Waals surface area contributed by atoms with Gasteiger partial charge in [0.15, 0.2) is 11.5 Å². The lowest BCUT2D eigenvalue weighted by atomic mass is 10.2. The van der Waals surface area contributed by atoms with Crippen molar-refractivity contribution in [3.05, 3.63) is 62.3 Å². The van der Waals surface area contributed by atoms with Gasteiger partial charge in [-0.15, -0.1) is 11.3 Å². The van der Waals surface area contributed by atoms with Gasteiger partial charge in [-0.2, -0.15) is 0 Å². The molecule has 1 aromatic heterocycles. The Morgan fingerprint density at radius 1 is 1.11 bits per heavy atom. The summed E-state index contributed by atoms with van der Waals surface area (Å²) in [5, 5.41) is 11.5. The van der Waals surface area contributed by atoms with Crippen LogP contribution in [-0.4, -0.2) is 59.4 Å². The number of thiophene rings is 1. The highest BCUT2D eigenvalue weighted by atomic mass is 35.5. The third-order valence-electron chi connectivity index (χ3n) is 5.04. The standard InChI is InChI=1S/C24H24Cl2N2O8S2/c1-4-35-18-6-5-17(12-19(18)34-3)28(2)38(32,33)20-13-21(26)37-22(20)23(30)27-16-10-14(9-15(25)11-16)24(31)36-8-7-29/h5-6,9-13,29H,4,7-8H2,1-3H3,(H,27,30). The first-order chi connectivity index (χ1) is 18.0. The fourth-order valence-electron chi connectivity index (χ4n) is 3.30. The van der Waals surface area contributed by atoms with E-state index in [0.29, 0.717) is 18.1 Å². The van der Waals surface area contributed by atoms with Crippen molar-refractivity contribution in [1.29, 1.82) is 0 Å². The number of amides is 1. The van der Waals surface area contributed by atoms with Gasteiger partial charge in [0.2, 0.25) is 0 Å². The van der Waals surface area contributed by atoms with Gasteiger partial charge in [0.05, 0.1) is 35.9 Å². The maximum absolute atomic E-state index is 13.6. The molecular weight excluding hydrogens is 579 g/mol. The Bertz CT molecular complexity index is 1440. The number of hydrogen-bond acceptors (Lipinski definition) is 9. The molecule has 0 unspecified atom stereocenters. The number of sulfonamides is 1. The van der Waals surface area contributed by atoms with Crippen molar-refractivity contribution < 1.29 is 37.3 Å². The number of aliphatic hydroxyl groups is 1. The topological polar surface area (TPSA) is 131 Å². The second-order valence-corrected chi connectivity index (χ2v) is 11.6. The number of hydrogen-bond donors (Lipinski definition) is 2. The number of halogens is 2. The summed E-state index contributed by atoms with van der Waals surface area (Å²) in [5.41, 5.74) is 0.415. The molecule has 204 valence electrons. The van der Waals surface area contributed by atoms with Crippen LogP contribution >= 0.6 is 34.5 Å². The number of ether oxygens (including phenoxy) is 3. The molecule has 0 saturated carbocycles. The Hall–Kier alpha value is -3.03. The van der Waals surface area contributed by atoms with Gasteiger partial charge in [-0.1, -0.05) is 23.2 Å². The molecule has 0 aliphatic carbocycles. The highest BCUT2D eigenvalue weighted by Crippen LogP contribution is 2.37. The second kappa shape index (κ2) is 12.7. The zero-order chi connectivity index (χ0) is 28.0. The third kappa shape index (κ3) is 6.69. The first kappa shape index (κ1) is 29.5. The molecule has 2 N–H and O–H groups in total. The number of carbonyl (C=O) groups excluding carboxylic acids is 2. The van der Waals surface area contributed by atoms with Crippen LogP contribution < -0.4 is 19.1 Å². The van der Waals surface area contributed by atoms with Crippen LogP contribution in [0.3, 0.4) is 0 Å². The van der Waals surface area contributed by atoms with Crippen LogP contribution in [0.25, 0.3) is 0 Å². The molecule has 14 heteroatoms. The van der Waals surface area contributed by atoms with E-state index in [2.05, 4.69) is 5.32 Å². The Kier molecular flexibility index (Phi) is 9.85. The normalized spacial score (nSPS) is 11.1. The lowest BCUT2D eigenvalue weighted by Crippen LogP contribution is -2.28. The van der Waals surface area contributed by atoms with Gasteiger partial charge in [0, 0.05) is 23.8 Å². The number of aliphatic hydroxyl groups excluding tert-OH is 1. The van der Waals surface area contributed by atoms with Crippen molar-refractivity contribution in [3.63, 3.8) is 0 Å². The minimum absolute atomic E-state index is 0.0301. The van der Waals surface area contributed by atoms with E-state index in [0.717, 1.165) is 15.6 Å². The summed E-state index contributed by atoms with van der Waals surface area (Å²) in [6.07, 6.45) is 0. The number of methoxy groups -OCH3 is 1. The summed E-state index contributed by atoms with van der Waals surface area (Å²) < 4.78 is 43.8. The molecule has 0 saturated heterocycles. The van der Waals surface area contributed by atoms with E-state index in [1.807, 2.05) is 6.92 Å². The van der Waals surface area contributed by atoms with Crippen LogP contribution in [0.5, 0.6) is 11.5 Å². The zero-order valence-electron chi connectivity index (χ0n) is 20.5. The number of nitrogens with one attached hydrogen (secondary N) is 1. The largest absolute Gasteiger partial charge is 0.493 e. The minimum atomic E-state index is -4.25. The van der Waals surface area contributed by atoms with E-state index in [4.69, 9.17) is 42.5 Å². The molecule has 0 fully saturated rings. The lowest BCUT2D eigenvalue weighted by molar-refractivity contribution is 0.0433. The van der Waals surface area contributed by atoms with E-state index >= 15 is 0 Å². The lowest BCUT2D eigenvalue weighted by Gasteiger charge is -2.21. The van der Waals surface area contributed by atoms with Crippen LogP contribution in [0, 0.1) is 0 Å². The first-order valence-electron chi connectivity index (χ1n) is 11.0. The van der Waals surface area contributed by atoms with E-state index in [-0.39, 0.29) is 49.3 Å². The number of benzene rings is 2. The molecule has 1 amide bonds. The number of rotatable bonds is 11. The average Bonchev–Trinajstić information content (AvgIpc) is 3.29. The van der Waals surface area contributed by atoms with E-state index in [1.54, 1.807) is 12.1 Å². The van der Waals surface area contributed by atoms with Gasteiger partial charge >= 0.3 is 5.97 Å². The van der Waals surface area contributed by atoms with Gasteiger partial charge in [-0.3, -0.25) is 9.10 Å². The molecule has 2 aromatic carbocycles. The Morgan fingerprint density at radius 3 is 2.50 bits per heavy atom. The predicted molar refractivity (Wildman–Crippen MR) is 146 cm³/mol. The monoisotopic (exact) mass is 602 g/mol. The molecule has 0 radical (unpaired) electrons. The molecule has 3 aromatic rings. The summed E-state index contributed by atoms with van der Waals surface area (Å²) in [6, 6.07) is 9.83. The summed E-state index contributed by atoms with van der Waals surface area (Å²) in [4.78, 5) is 24.8. The van der Waals surface area contributed by atoms with Gasteiger partial charge in [-0.25, -0.2) is 13.2 Å². The minimum Gasteiger partial charge on any atom is -0.493 e. The number of nitrogens with zero attached hydrogens (tertiary/aromatic N) is 1. The molecular formula is C24H24Cl2N2O8S2. The van der Waals surface area contributed by atoms with Crippen molar-refractivity contribution in [1.82, 2.24) is 0 Å². The molecule has 3 rings (SSSR count). The molecule has 0 atom stereocenters. The number of carbonyl (C=O) groups is 2. The van der Waals surface area contributed by atoms with Crippen molar-refractivity contribution in [2.75, 3.05) is 43.6 Å². The summed E-state index contributed by atoms with van der Waals surface area (Å²) in [7, 11) is -1.48. The van der Waals surface area contributed by atoms with Crippen LogP contribution in [0.4, 0.5) is 11.4 Å². The Labute approximate surface area is 233 Å². The van der Waals surface area contributed by atoms with Crippen molar-refractivity contribution in [2.24, 2.45) is 0 Å². The molecule has 0 spiro atoms. The second-order valence-electron chi connectivity index (χ2n) is 7.53. The van der Waals surface area contributed by atoms with Gasteiger partial charge in [0.1, 0.15) is 16.4 Å². The van der Waals surface area contributed by atoms with Crippen LogP contribution in [0.15, 0.2) is 47.4 Å². The van der Waals surface area contributed by atoms with Crippen LogP contribution in [0.1, 0.15) is 27.0 Å². The predicted octanol–water partition coefficient (Wildman–Crippen LogP) is 4.69. The molecule has 0 aliphatic rings. The molecule has 0 bridgehead atoms. The van der Waals surface area contributed by atoms with Gasteiger partial charge < -0.3 is 24.6 Å². The van der Waals surface area contributed by atoms with Crippen molar-refractivity contribution in [2.45, 2.75) is 11.8 Å². The smallest absolute Gasteiger partial charge is 0.338 e. The van der Waals surface area contributed by atoms with Crippen molar-refractivity contribution >= 4 is 67.8 Å². The van der Waals surface area contributed by atoms with Crippen LogP contribution in [0.2, 0.25) is 9.36 Å². The SMILES string of the molecule is CCOc1ccc(N(C)S(=O)(=O)c2cc(Cl)sc2C(=O)Nc2cc(Cl)cc(C(=O)OCCO)c2)cc1OC. The molecule has 10 nitrogen and oxygen atoms in total. The summed E-state index contributed by atoms with van der Waals surface area (Å²) in [6.45, 7) is 1.64. The highest BCUT2D eigenvalue weighted by Gasteiger charge is 2.30. The van der Waals surface area contributed by atoms with Crippen molar-refractivity contribution in [3.8, 4) is 11.5 Å². The van der Waals surface area contributed by atoms with E-state index < -0.39 is 21.9 Å². The Morgan fingerprint density at radius 2 is 1.84 bits per heavy atom. The molecule has 1 heterocycles. The third-order valence-corrected chi connectivity index (χ3v) is 8.46. The summed E-state index contributed by atoms with van der Waals surface area (Å²) >= 11 is 13.0. The quantitative estimate of drug-likeness (QED) is 0.302. The van der Waals surface area contributed by atoms with E-state index in [1.165, 1.54) is 44.5 Å². The summed E-state index contributed by atoms with van der Waals surface area (Å²) in [5.74, 6) is -0.756. The van der Waals surface area contributed by atoms with Gasteiger partial charge in [-0.05, 0) is 43.3 Å². The first-order valence-corrected chi connectivity index (χ1v) is 14.0. The average molecular weight is 604 g/mol. The van der Waals surface area contributed by atoms with Gasteiger partial charge in [0.25, 0.3) is 15.9 Å². The van der Waals surface area contributed by atoms with E-state index in [9.17, 15) is 18.0 Å². The Balaban J connectivity index is 1.92. The fraction of sp³-hybridized carbons (Fsp3) is 0.250.